The number of nitrogens with one attached hydrogen (secondary N) is 1. The summed E-state index contributed by atoms with van der Waals surface area (Å²) < 4.78 is 5.31. The number of methoxy groups -OCH3 is 1. The van der Waals surface area contributed by atoms with Crippen molar-refractivity contribution in [1.29, 1.82) is 0 Å². The average Bonchev–Trinajstić information content (AvgIpc) is 2.67. The Morgan fingerprint density at radius 3 is 2.73 bits per heavy atom. The van der Waals surface area contributed by atoms with Crippen LogP contribution < -0.4 is 15.0 Å². The van der Waals surface area contributed by atoms with Crippen molar-refractivity contribution in [3.63, 3.8) is 0 Å². The molecule has 6 nitrogen and oxygen atoms in total. The van der Waals surface area contributed by atoms with E-state index in [9.17, 15) is 4.79 Å². The smallest absolute Gasteiger partial charge is 0.226 e. The predicted octanol–water partition coefficient (Wildman–Crippen LogP) is 3.08. The molecule has 1 aromatic heterocycles. The van der Waals surface area contributed by atoms with Gasteiger partial charge < -0.3 is 15.0 Å². The van der Waals surface area contributed by atoms with Gasteiger partial charge in [-0.05, 0) is 45.2 Å². The molecule has 1 N–H and O–H groups in total. The van der Waals surface area contributed by atoms with Crippen molar-refractivity contribution in [2.75, 3.05) is 25.1 Å². The van der Waals surface area contributed by atoms with E-state index in [-0.39, 0.29) is 17.9 Å². The molecule has 3 rings (SSSR count). The van der Waals surface area contributed by atoms with Gasteiger partial charge in [0.15, 0.2) is 0 Å². The van der Waals surface area contributed by atoms with Crippen molar-refractivity contribution in [3.05, 3.63) is 23.9 Å². The molecule has 1 saturated heterocycles. The molecule has 1 aliphatic rings. The third kappa shape index (κ3) is 3.89. The molecule has 1 aromatic carbocycles. The molecule has 1 amide bonds. The number of aromatic nitrogens is 2. The van der Waals surface area contributed by atoms with Crippen molar-refractivity contribution >= 4 is 22.8 Å². The standard InChI is InChI=1S/C20H28N4O2/c1-5-13(2)21-19(25)15-8-10-24(11-9-15)20-22-14(3)17-7-6-16(26-4)12-18(17)23-20/h6-7,12-13,15H,5,8-11H2,1-4H3,(H,21,25)/t13-/m1/s1. The predicted molar refractivity (Wildman–Crippen MR) is 104 cm³/mol. The first-order valence-electron chi connectivity index (χ1n) is 9.39. The monoisotopic (exact) mass is 356 g/mol. The Bertz CT molecular complexity index is 785. The Morgan fingerprint density at radius 2 is 2.08 bits per heavy atom. The van der Waals surface area contributed by atoms with E-state index in [2.05, 4.69) is 22.1 Å². The van der Waals surface area contributed by atoms with Gasteiger partial charge in [0.05, 0.1) is 18.3 Å². The topological polar surface area (TPSA) is 67.4 Å². The van der Waals surface area contributed by atoms with Crippen molar-refractivity contribution in [3.8, 4) is 5.75 Å². The number of anilines is 1. The summed E-state index contributed by atoms with van der Waals surface area (Å²) >= 11 is 0. The third-order valence-corrected chi connectivity index (χ3v) is 5.23. The number of carbonyl (C=O) groups is 1. The zero-order valence-corrected chi connectivity index (χ0v) is 16.1. The molecule has 1 atom stereocenters. The molecule has 0 spiro atoms. The van der Waals surface area contributed by atoms with Gasteiger partial charge in [-0.3, -0.25) is 4.79 Å². The van der Waals surface area contributed by atoms with Crippen LogP contribution in [0.3, 0.4) is 0 Å². The first kappa shape index (κ1) is 18.4. The van der Waals surface area contributed by atoms with Gasteiger partial charge in [0.2, 0.25) is 11.9 Å². The molecule has 2 aromatic rings. The average molecular weight is 356 g/mol. The quantitative estimate of drug-likeness (QED) is 0.892. The molecule has 0 aliphatic carbocycles. The van der Waals surface area contributed by atoms with E-state index in [1.807, 2.05) is 32.0 Å². The van der Waals surface area contributed by atoms with Crippen molar-refractivity contribution in [1.82, 2.24) is 15.3 Å². The van der Waals surface area contributed by atoms with E-state index in [0.29, 0.717) is 0 Å². The SMILES string of the molecule is CC[C@@H](C)NC(=O)C1CCN(c2nc(C)c3ccc(OC)cc3n2)CC1. The molecule has 0 unspecified atom stereocenters. The molecule has 0 radical (unpaired) electrons. The van der Waals surface area contributed by atoms with Gasteiger partial charge in [0.25, 0.3) is 0 Å². The Morgan fingerprint density at radius 1 is 1.35 bits per heavy atom. The molecule has 26 heavy (non-hydrogen) atoms. The number of rotatable bonds is 5. The Balaban J connectivity index is 1.72. The summed E-state index contributed by atoms with van der Waals surface area (Å²) in [6, 6.07) is 6.11. The number of piperidine rings is 1. The molecule has 0 bridgehead atoms. The highest BCUT2D eigenvalue weighted by Crippen LogP contribution is 2.26. The van der Waals surface area contributed by atoms with Crippen LogP contribution in [-0.2, 0) is 4.79 Å². The van der Waals surface area contributed by atoms with Crippen molar-refractivity contribution < 1.29 is 9.53 Å². The highest BCUT2D eigenvalue weighted by Gasteiger charge is 2.27. The van der Waals surface area contributed by atoms with E-state index < -0.39 is 0 Å². The zero-order valence-electron chi connectivity index (χ0n) is 16.1. The summed E-state index contributed by atoms with van der Waals surface area (Å²) in [5.74, 6) is 1.80. The minimum absolute atomic E-state index is 0.0851. The number of ether oxygens (including phenoxy) is 1. The fraction of sp³-hybridized carbons (Fsp3) is 0.550. The first-order valence-corrected chi connectivity index (χ1v) is 9.39. The lowest BCUT2D eigenvalue weighted by molar-refractivity contribution is -0.126. The molecule has 1 fully saturated rings. The number of aryl methyl sites for hydroxylation is 1. The molecule has 140 valence electrons. The van der Waals surface area contributed by atoms with Gasteiger partial charge in [0.1, 0.15) is 5.75 Å². The lowest BCUT2D eigenvalue weighted by Gasteiger charge is -2.32. The molecular formula is C20H28N4O2. The minimum Gasteiger partial charge on any atom is -0.497 e. The highest BCUT2D eigenvalue weighted by atomic mass is 16.5. The van der Waals surface area contributed by atoms with Crippen LogP contribution in [0.2, 0.25) is 0 Å². The van der Waals surface area contributed by atoms with Crippen LogP contribution in [0.1, 0.15) is 38.8 Å². The molecule has 1 aliphatic heterocycles. The van der Waals surface area contributed by atoms with E-state index in [1.54, 1.807) is 7.11 Å². The maximum atomic E-state index is 12.3. The maximum absolute atomic E-state index is 12.3. The molecule has 6 heteroatoms. The van der Waals surface area contributed by atoms with E-state index in [1.165, 1.54) is 0 Å². The van der Waals surface area contributed by atoms with Gasteiger partial charge in [0, 0.05) is 36.5 Å². The van der Waals surface area contributed by atoms with Crippen LogP contribution in [0.5, 0.6) is 5.75 Å². The molecular weight excluding hydrogens is 328 g/mol. The summed E-state index contributed by atoms with van der Waals surface area (Å²) in [7, 11) is 1.66. The van der Waals surface area contributed by atoms with Gasteiger partial charge in [-0.15, -0.1) is 0 Å². The second kappa shape index (κ2) is 7.89. The van der Waals surface area contributed by atoms with Gasteiger partial charge >= 0.3 is 0 Å². The number of carbonyl (C=O) groups excluding carboxylic acids is 1. The maximum Gasteiger partial charge on any atom is 0.226 e. The second-order valence-electron chi connectivity index (χ2n) is 7.07. The number of hydrogen-bond donors (Lipinski definition) is 1. The number of nitrogens with zero attached hydrogens (tertiary/aromatic N) is 3. The summed E-state index contributed by atoms with van der Waals surface area (Å²) in [6.07, 6.45) is 2.62. The van der Waals surface area contributed by atoms with Crippen molar-refractivity contribution in [2.24, 2.45) is 5.92 Å². The fourth-order valence-corrected chi connectivity index (χ4v) is 3.33. The minimum atomic E-state index is 0.0851. The Hall–Kier alpha value is -2.37. The lowest BCUT2D eigenvalue weighted by Crippen LogP contribution is -2.43. The van der Waals surface area contributed by atoms with Crippen LogP contribution in [0.15, 0.2) is 18.2 Å². The van der Waals surface area contributed by atoms with E-state index in [4.69, 9.17) is 9.72 Å². The number of hydrogen-bond acceptors (Lipinski definition) is 5. The van der Waals surface area contributed by atoms with Crippen molar-refractivity contribution in [2.45, 2.75) is 46.1 Å². The van der Waals surface area contributed by atoms with Gasteiger partial charge in [-0.2, -0.15) is 0 Å². The van der Waals surface area contributed by atoms with Gasteiger partial charge in [-0.25, -0.2) is 9.97 Å². The van der Waals surface area contributed by atoms with Gasteiger partial charge in [-0.1, -0.05) is 6.92 Å². The van der Waals surface area contributed by atoms with Crippen LogP contribution >= 0.6 is 0 Å². The Kier molecular flexibility index (Phi) is 5.59. The second-order valence-corrected chi connectivity index (χ2v) is 7.07. The Labute approximate surface area is 155 Å². The summed E-state index contributed by atoms with van der Waals surface area (Å²) in [5.41, 5.74) is 1.85. The third-order valence-electron chi connectivity index (χ3n) is 5.23. The molecule has 2 heterocycles. The summed E-state index contributed by atoms with van der Waals surface area (Å²) in [4.78, 5) is 23.9. The summed E-state index contributed by atoms with van der Waals surface area (Å²) in [6.45, 7) is 7.74. The first-order chi connectivity index (χ1) is 12.5. The van der Waals surface area contributed by atoms with E-state index >= 15 is 0 Å². The van der Waals surface area contributed by atoms with Crippen LogP contribution in [0.4, 0.5) is 5.95 Å². The van der Waals surface area contributed by atoms with E-state index in [0.717, 1.165) is 60.6 Å². The van der Waals surface area contributed by atoms with Crippen LogP contribution in [-0.4, -0.2) is 42.1 Å². The fourth-order valence-electron chi connectivity index (χ4n) is 3.33. The molecule has 0 saturated carbocycles. The van der Waals surface area contributed by atoms with Crippen LogP contribution in [0.25, 0.3) is 10.9 Å². The number of benzene rings is 1. The number of fused-ring (bicyclic) bond motifs is 1. The highest BCUT2D eigenvalue weighted by molar-refractivity contribution is 5.83. The van der Waals surface area contributed by atoms with Crippen LogP contribution in [0, 0.1) is 12.8 Å². The lowest BCUT2D eigenvalue weighted by atomic mass is 9.95. The largest absolute Gasteiger partial charge is 0.497 e. The number of amides is 1. The zero-order chi connectivity index (χ0) is 18.7. The summed E-state index contributed by atoms with van der Waals surface area (Å²) in [5, 5.41) is 4.14. The normalized spacial score (nSPS) is 16.5.